The first kappa shape index (κ1) is 18.5. The fraction of sp³-hybridized carbons (Fsp3) is 0.250. The molecule has 0 saturated carbocycles. The van der Waals surface area contributed by atoms with Crippen LogP contribution in [0.15, 0.2) is 34.9 Å². The molecule has 0 atom stereocenters. The van der Waals surface area contributed by atoms with Crippen LogP contribution in [0.1, 0.15) is 16.1 Å². The summed E-state index contributed by atoms with van der Waals surface area (Å²) < 4.78 is 4.83. The zero-order chi connectivity index (χ0) is 18.4. The number of hydrogen-bond donors (Lipinski definition) is 2. The Labute approximate surface area is 149 Å². The summed E-state index contributed by atoms with van der Waals surface area (Å²) in [6.07, 6.45) is 0. The lowest BCUT2D eigenvalue weighted by Crippen LogP contribution is -2.41. The maximum absolute atomic E-state index is 12.0. The highest BCUT2D eigenvalue weighted by Crippen LogP contribution is 2.14. The Kier molecular flexibility index (Phi) is 6.13. The number of amides is 3. The lowest BCUT2D eigenvalue weighted by molar-refractivity contribution is -0.132. The van der Waals surface area contributed by atoms with E-state index >= 15 is 0 Å². The molecule has 0 radical (unpaired) electrons. The van der Waals surface area contributed by atoms with Crippen LogP contribution >= 0.6 is 11.6 Å². The van der Waals surface area contributed by atoms with Gasteiger partial charge in [-0.15, -0.1) is 0 Å². The molecule has 0 aliphatic heterocycles. The van der Waals surface area contributed by atoms with Crippen molar-refractivity contribution in [3.8, 4) is 0 Å². The predicted octanol–water partition coefficient (Wildman–Crippen LogP) is 1.46. The Morgan fingerprint density at radius 1 is 1.28 bits per heavy atom. The van der Waals surface area contributed by atoms with E-state index in [0.29, 0.717) is 10.8 Å². The summed E-state index contributed by atoms with van der Waals surface area (Å²) in [5.74, 6) is -0.485. The number of benzene rings is 1. The van der Waals surface area contributed by atoms with Crippen LogP contribution in [0.2, 0.25) is 5.02 Å². The SMILES string of the molecule is Cc1cc(NC(=O)CN(C)C(=O)CNC(=O)c2ccccc2Cl)no1. The van der Waals surface area contributed by atoms with Gasteiger partial charge in [-0.3, -0.25) is 14.4 Å². The number of aromatic nitrogens is 1. The molecule has 9 heteroatoms. The van der Waals surface area contributed by atoms with Crippen LogP contribution in [-0.4, -0.2) is 47.9 Å². The number of nitrogens with one attached hydrogen (secondary N) is 2. The van der Waals surface area contributed by atoms with E-state index in [1.807, 2.05) is 0 Å². The van der Waals surface area contributed by atoms with Gasteiger partial charge in [0.1, 0.15) is 5.76 Å². The number of hydrogen-bond acceptors (Lipinski definition) is 5. The van der Waals surface area contributed by atoms with Crippen molar-refractivity contribution in [1.29, 1.82) is 0 Å². The minimum atomic E-state index is -0.463. The Morgan fingerprint density at radius 2 is 2.00 bits per heavy atom. The molecule has 3 amide bonds. The number of nitrogens with zero attached hydrogens (tertiary/aromatic N) is 2. The molecular weight excluding hydrogens is 348 g/mol. The highest BCUT2D eigenvalue weighted by Gasteiger charge is 2.16. The molecular formula is C16H17ClN4O4. The van der Waals surface area contributed by atoms with Crippen molar-refractivity contribution < 1.29 is 18.9 Å². The molecule has 25 heavy (non-hydrogen) atoms. The molecule has 0 fully saturated rings. The first-order chi connectivity index (χ1) is 11.9. The van der Waals surface area contributed by atoms with Crippen LogP contribution in [0.3, 0.4) is 0 Å². The van der Waals surface area contributed by atoms with Crippen molar-refractivity contribution in [2.75, 3.05) is 25.5 Å². The van der Waals surface area contributed by atoms with E-state index in [2.05, 4.69) is 15.8 Å². The maximum atomic E-state index is 12.0. The number of rotatable bonds is 6. The number of aryl methyl sites for hydroxylation is 1. The zero-order valence-corrected chi connectivity index (χ0v) is 14.5. The monoisotopic (exact) mass is 364 g/mol. The Morgan fingerprint density at radius 3 is 2.64 bits per heavy atom. The number of carbonyl (C=O) groups excluding carboxylic acids is 3. The number of likely N-dealkylation sites (N-methyl/N-ethyl adjacent to an activating group) is 1. The van der Waals surface area contributed by atoms with Crippen molar-refractivity contribution in [2.24, 2.45) is 0 Å². The minimum absolute atomic E-state index is 0.188. The first-order valence-electron chi connectivity index (χ1n) is 7.36. The van der Waals surface area contributed by atoms with Gasteiger partial charge in [0.05, 0.1) is 23.7 Å². The first-order valence-corrected chi connectivity index (χ1v) is 7.74. The Balaban J connectivity index is 1.80. The van der Waals surface area contributed by atoms with Crippen molar-refractivity contribution in [3.05, 3.63) is 46.7 Å². The molecule has 2 rings (SSSR count). The molecule has 0 bridgehead atoms. The van der Waals surface area contributed by atoms with Crippen molar-refractivity contribution in [1.82, 2.24) is 15.4 Å². The summed E-state index contributed by atoms with van der Waals surface area (Å²) in [6, 6.07) is 8.07. The van der Waals surface area contributed by atoms with E-state index in [1.165, 1.54) is 11.9 Å². The van der Waals surface area contributed by atoms with Crippen LogP contribution in [0.4, 0.5) is 5.82 Å². The average Bonchev–Trinajstić information content (AvgIpc) is 2.97. The summed E-state index contributed by atoms with van der Waals surface area (Å²) in [5, 5.41) is 8.90. The van der Waals surface area contributed by atoms with E-state index < -0.39 is 17.7 Å². The third kappa shape index (κ3) is 5.32. The van der Waals surface area contributed by atoms with Gasteiger partial charge < -0.3 is 20.1 Å². The molecule has 1 heterocycles. The summed E-state index contributed by atoms with van der Waals surface area (Å²) in [5.41, 5.74) is 0.277. The molecule has 0 saturated heterocycles. The van der Waals surface area contributed by atoms with Crippen molar-refractivity contribution in [3.63, 3.8) is 0 Å². The van der Waals surface area contributed by atoms with E-state index in [9.17, 15) is 14.4 Å². The summed E-state index contributed by atoms with van der Waals surface area (Å²) >= 11 is 5.92. The highest BCUT2D eigenvalue weighted by molar-refractivity contribution is 6.33. The normalized spacial score (nSPS) is 10.2. The predicted molar refractivity (Wildman–Crippen MR) is 91.3 cm³/mol. The maximum Gasteiger partial charge on any atom is 0.253 e. The van der Waals surface area contributed by atoms with Gasteiger partial charge in [0.25, 0.3) is 5.91 Å². The fourth-order valence-electron chi connectivity index (χ4n) is 1.94. The van der Waals surface area contributed by atoms with E-state index in [4.69, 9.17) is 16.1 Å². The Bertz CT molecular complexity index is 790. The van der Waals surface area contributed by atoms with E-state index in [1.54, 1.807) is 37.3 Å². The highest BCUT2D eigenvalue weighted by atomic mass is 35.5. The molecule has 1 aromatic carbocycles. The second-order valence-corrected chi connectivity index (χ2v) is 5.69. The van der Waals surface area contributed by atoms with Gasteiger partial charge in [-0.2, -0.15) is 0 Å². The standard InChI is InChI=1S/C16H17ClN4O4/c1-10-7-13(20-25-10)19-14(22)9-21(2)15(23)8-18-16(24)11-5-3-4-6-12(11)17/h3-7H,8-9H2,1-2H3,(H,18,24)(H,19,20,22). The molecule has 1 aromatic heterocycles. The lowest BCUT2D eigenvalue weighted by Gasteiger charge is -2.16. The van der Waals surface area contributed by atoms with Crippen molar-refractivity contribution >= 4 is 35.1 Å². The largest absolute Gasteiger partial charge is 0.360 e. The van der Waals surface area contributed by atoms with E-state index in [0.717, 1.165) is 0 Å². The zero-order valence-electron chi connectivity index (χ0n) is 13.7. The van der Waals surface area contributed by atoms with Gasteiger partial charge in [-0.05, 0) is 19.1 Å². The van der Waals surface area contributed by atoms with Gasteiger partial charge in [0.2, 0.25) is 11.8 Å². The molecule has 2 N–H and O–H groups in total. The van der Waals surface area contributed by atoms with Crippen LogP contribution in [0.25, 0.3) is 0 Å². The molecule has 0 spiro atoms. The van der Waals surface area contributed by atoms with Gasteiger partial charge in [-0.1, -0.05) is 28.9 Å². The van der Waals surface area contributed by atoms with Crippen molar-refractivity contribution in [2.45, 2.75) is 6.92 Å². The molecule has 0 aliphatic rings. The minimum Gasteiger partial charge on any atom is -0.360 e. The van der Waals surface area contributed by atoms with Crippen LogP contribution in [-0.2, 0) is 9.59 Å². The third-order valence-electron chi connectivity index (χ3n) is 3.22. The fourth-order valence-corrected chi connectivity index (χ4v) is 2.16. The number of halogens is 1. The van der Waals surface area contributed by atoms with Crippen LogP contribution in [0.5, 0.6) is 0 Å². The van der Waals surface area contributed by atoms with Crippen LogP contribution < -0.4 is 10.6 Å². The van der Waals surface area contributed by atoms with Gasteiger partial charge in [0.15, 0.2) is 5.82 Å². The second kappa shape index (κ2) is 8.29. The van der Waals surface area contributed by atoms with Gasteiger partial charge in [-0.25, -0.2) is 0 Å². The molecule has 2 aromatic rings. The second-order valence-electron chi connectivity index (χ2n) is 5.28. The van der Waals surface area contributed by atoms with E-state index in [-0.39, 0.29) is 24.5 Å². The topological polar surface area (TPSA) is 105 Å². The third-order valence-corrected chi connectivity index (χ3v) is 3.55. The number of carbonyl (C=O) groups is 3. The molecule has 0 unspecified atom stereocenters. The molecule has 132 valence electrons. The molecule has 0 aliphatic carbocycles. The summed E-state index contributed by atoms with van der Waals surface area (Å²) in [4.78, 5) is 37.1. The molecule has 8 nitrogen and oxygen atoms in total. The van der Waals surface area contributed by atoms with Crippen LogP contribution in [0, 0.1) is 6.92 Å². The summed E-state index contributed by atoms with van der Waals surface area (Å²) in [7, 11) is 1.46. The average molecular weight is 365 g/mol. The van der Waals surface area contributed by atoms with Gasteiger partial charge in [0, 0.05) is 13.1 Å². The lowest BCUT2D eigenvalue weighted by atomic mass is 10.2. The Hall–Kier alpha value is -2.87. The number of anilines is 1. The smallest absolute Gasteiger partial charge is 0.253 e. The quantitative estimate of drug-likeness (QED) is 0.807. The summed E-state index contributed by atoms with van der Waals surface area (Å²) in [6.45, 7) is 1.25. The van der Waals surface area contributed by atoms with Gasteiger partial charge >= 0.3 is 0 Å².